The number of benzene rings is 3. The zero-order chi connectivity index (χ0) is 28.2. The molecule has 0 bridgehead atoms. The first-order valence-corrected chi connectivity index (χ1v) is 12.7. The van der Waals surface area contributed by atoms with Gasteiger partial charge in [-0.3, -0.25) is 14.6 Å². The highest BCUT2D eigenvalue weighted by atomic mass is 19.1. The SMILES string of the molecule is COc1cc(C2C(=C(O)c3ccc(C)c(F)c3)C(=O)C(=O)N2Cc2cccnc2)ccc1OCc1ccccc1. The molecule has 40 heavy (non-hydrogen) atoms. The molecule has 1 unspecified atom stereocenters. The number of carbonyl (C=O) groups excluding carboxylic acids is 2. The molecule has 0 aliphatic carbocycles. The predicted octanol–water partition coefficient (Wildman–Crippen LogP) is 5.74. The molecular weight excluding hydrogens is 511 g/mol. The molecule has 1 atom stereocenters. The third-order valence-corrected chi connectivity index (χ3v) is 6.80. The van der Waals surface area contributed by atoms with Crippen molar-refractivity contribution in [2.75, 3.05) is 7.11 Å². The molecule has 0 spiro atoms. The molecule has 1 aliphatic rings. The Labute approximate surface area is 231 Å². The minimum absolute atomic E-state index is 0.0662. The summed E-state index contributed by atoms with van der Waals surface area (Å²) in [6, 6.07) is 21.5. The molecule has 3 aromatic carbocycles. The van der Waals surface area contributed by atoms with Gasteiger partial charge in [-0.2, -0.15) is 0 Å². The summed E-state index contributed by atoms with van der Waals surface area (Å²) in [6.07, 6.45) is 3.22. The van der Waals surface area contributed by atoms with Crippen LogP contribution in [-0.2, 0) is 22.7 Å². The lowest BCUT2D eigenvalue weighted by molar-refractivity contribution is -0.140. The van der Waals surface area contributed by atoms with Crippen LogP contribution in [0.25, 0.3) is 5.76 Å². The first-order chi connectivity index (χ1) is 19.4. The smallest absolute Gasteiger partial charge is 0.295 e. The molecule has 1 aliphatic heterocycles. The van der Waals surface area contributed by atoms with Gasteiger partial charge >= 0.3 is 0 Å². The summed E-state index contributed by atoms with van der Waals surface area (Å²) in [7, 11) is 1.50. The number of amides is 1. The number of methoxy groups -OCH3 is 1. The molecule has 4 aromatic rings. The van der Waals surface area contributed by atoms with Gasteiger partial charge in [-0.05, 0) is 53.4 Å². The summed E-state index contributed by atoms with van der Waals surface area (Å²) in [4.78, 5) is 32.2. The van der Waals surface area contributed by atoms with Gasteiger partial charge < -0.3 is 19.5 Å². The quantitative estimate of drug-likeness (QED) is 0.175. The molecule has 0 saturated carbocycles. The molecule has 0 radical (unpaired) electrons. The minimum atomic E-state index is -0.971. The summed E-state index contributed by atoms with van der Waals surface area (Å²) >= 11 is 0. The highest BCUT2D eigenvalue weighted by Crippen LogP contribution is 2.43. The number of likely N-dealkylation sites (tertiary alicyclic amines) is 1. The molecule has 2 heterocycles. The van der Waals surface area contributed by atoms with Gasteiger partial charge in [0, 0.05) is 24.5 Å². The zero-order valence-corrected chi connectivity index (χ0v) is 22.0. The number of Topliss-reactive ketones (excluding diaryl/α,β-unsaturated/α-hetero) is 1. The van der Waals surface area contributed by atoms with Crippen LogP contribution in [0, 0.1) is 12.7 Å². The van der Waals surface area contributed by atoms with Crippen LogP contribution in [-0.4, -0.2) is 33.8 Å². The average molecular weight is 539 g/mol. The van der Waals surface area contributed by atoms with E-state index in [2.05, 4.69) is 4.98 Å². The van der Waals surface area contributed by atoms with E-state index in [0.29, 0.717) is 34.8 Å². The van der Waals surface area contributed by atoms with Crippen molar-refractivity contribution in [3.05, 3.63) is 130 Å². The summed E-state index contributed by atoms with van der Waals surface area (Å²) in [5.41, 5.74) is 2.54. The van der Waals surface area contributed by atoms with Crippen molar-refractivity contribution in [3.63, 3.8) is 0 Å². The summed E-state index contributed by atoms with van der Waals surface area (Å²) in [5, 5.41) is 11.3. The lowest BCUT2D eigenvalue weighted by Gasteiger charge is -2.26. The van der Waals surface area contributed by atoms with Crippen molar-refractivity contribution < 1.29 is 28.6 Å². The van der Waals surface area contributed by atoms with E-state index in [0.717, 1.165) is 11.6 Å². The molecular formula is C32H27FN2O5. The van der Waals surface area contributed by atoms with E-state index in [4.69, 9.17) is 9.47 Å². The van der Waals surface area contributed by atoms with Gasteiger partial charge in [0.25, 0.3) is 11.7 Å². The molecule has 7 nitrogen and oxygen atoms in total. The van der Waals surface area contributed by atoms with E-state index in [1.165, 1.54) is 24.1 Å². The van der Waals surface area contributed by atoms with E-state index in [-0.39, 0.29) is 17.7 Å². The number of ether oxygens (including phenoxy) is 2. The molecule has 1 fully saturated rings. The van der Waals surface area contributed by atoms with Crippen LogP contribution in [0.15, 0.2) is 96.8 Å². The van der Waals surface area contributed by atoms with E-state index in [9.17, 15) is 19.1 Å². The number of ketones is 1. The maximum atomic E-state index is 14.4. The Hall–Kier alpha value is -4.98. The van der Waals surface area contributed by atoms with Crippen LogP contribution in [0.4, 0.5) is 4.39 Å². The molecule has 1 aromatic heterocycles. The predicted molar refractivity (Wildman–Crippen MR) is 147 cm³/mol. The lowest BCUT2D eigenvalue weighted by atomic mass is 9.94. The zero-order valence-electron chi connectivity index (χ0n) is 22.0. The van der Waals surface area contributed by atoms with Crippen molar-refractivity contribution in [3.8, 4) is 11.5 Å². The molecule has 1 saturated heterocycles. The fourth-order valence-electron chi connectivity index (χ4n) is 4.68. The Balaban J connectivity index is 1.58. The Kier molecular flexibility index (Phi) is 7.59. The van der Waals surface area contributed by atoms with Crippen molar-refractivity contribution in [1.82, 2.24) is 9.88 Å². The number of hydrogen-bond acceptors (Lipinski definition) is 6. The standard InChI is InChI=1S/C32H27FN2O5/c1-20-10-11-24(15-25(20)33)30(36)28-29(35(32(38)31(28)37)18-22-9-6-14-34-17-22)23-12-13-26(27(16-23)39-2)40-19-21-7-4-3-5-8-21/h3-17,29,36H,18-19H2,1-2H3. The van der Waals surface area contributed by atoms with Crippen LogP contribution in [0.5, 0.6) is 11.5 Å². The number of aromatic nitrogens is 1. The van der Waals surface area contributed by atoms with E-state index in [1.807, 2.05) is 30.3 Å². The Morgan fingerprint density at radius 1 is 0.975 bits per heavy atom. The number of carbonyl (C=O) groups is 2. The summed E-state index contributed by atoms with van der Waals surface area (Å²) in [5.74, 6) is -1.78. The van der Waals surface area contributed by atoms with Gasteiger partial charge in [0.05, 0.1) is 18.7 Å². The number of hydrogen-bond donors (Lipinski definition) is 1. The second-order valence-corrected chi connectivity index (χ2v) is 9.44. The van der Waals surface area contributed by atoms with Gasteiger partial charge in [0.1, 0.15) is 18.2 Å². The maximum absolute atomic E-state index is 14.4. The fraction of sp³-hybridized carbons (Fsp3) is 0.156. The van der Waals surface area contributed by atoms with Crippen LogP contribution in [0.2, 0.25) is 0 Å². The van der Waals surface area contributed by atoms with Crippen molar-refractivity contribution in [2.45, 2.75) is 26.1 Å². The van der Waals surface area contributed by atoms with Gasteiger partial charge in [0.2, 0.25) is 0 Å². The largest absolute Gasteiger partial charge is 0.507 e. The molecule has 1 amide bonds. The van der Waals surface area contributed by atoms with Gasteiger partial charge in [-0.1, -0.05) is 54.6 Å². The van der Waals surface area contributed by atoms with Crippen LogP contribution >= 0.6 is 0 Å². The number of nitrogens with zero attached hydrogens (tertiary/aromatic N) is 2. The van der Waals surface area contributed by atoms with Crippen molar-refractivity contribution in [1.29, 1.82) is 0 Å². The van der Waals surface area contributed by atoms with Crippen LogP contribution in [0.1, 0.15) is 33.9 Å². The number of halogens is 1. The number of rotatable bonds is 8. The summed E-state index contributed by atoms with van der Waals surface area (Å²) < 4.78 is 26.0. The highest BCUT2D eigenvalue weighted by molar-refractivity contribution is 6.46. The maximum Gasteiger partial charge on any atom is 0.295 e. The van der Waals surface area contributed by atoms with Crippen LogP contribution < -0.4 is 9.47 Å². The van der Waals surface area contributed by atoms with E-state index < -0.39 is 29.3 Å². The van der Waals surface area contributed by atoms with Gasteiger partial charge in [0.15, 0.2) is 11.5 Å². The molecule has 1 N–H and O–H groups in total. The van der Waals surface area contributed by atoms with Crippen molar-refractivity contribution >= 4 is 17.4 Å². The normalized spacial score (nSPS) is 16.3. The lowest BCUT2D eigenvalue weighted by Crippen LogP contribution is -2.29. The topological polar surface area (TPSA) is 89.0 Å². The minimum Gasteiger partial charge on any atom is -0.507 e. The van der Waals surface area contributed by atoms with Gasteiger partial charge in [-0.25, -0.2) is 4.39 Å². The Morgan fingerprint density at radius 3 is 2.45 bits per heavy atom. The molecule has 5 rings (SSSR count). The van der Waals surface area contributed by atoms with E-state index >= 15 is 0 Å². The van der Waals surface area contributed by atoms with Crippen LogP contribution in [0.3, 0.4) is 0 Å². The number of aliphatic hydroxyl groups excluding tert-OH is 1. The number of aliphatic hydroxyl groups is 1. The third kappa shape index (κ3) is 5.29. The van der Waals surface area contributed by atoms with Gasteiger partial charge in [-0.15, -0.1) is 0 Å². The first kappa shape index (κ1) is 26.6. The summed E-state index contributed by atoms with van der Waals surface area (Å²) in [6.45, 7) is 1.98. The van der Waals surface area contributed by atoms with Crippen molar-refractivity contribution in [2.24, 2.45) is 0 Å². The number of aryl methyl sites for hydroxylation is 1. The second kappa shape index (κ2) is 11.4. The average Bonchev–Trinajstić information content (AvgIpc) is 3.23. The second-order valence-electron chi connectivity index (χ2n) is 9.44. The molecule has 202 valence electrons. The number of pyridine rings is 1. The monoisotopic (exact) mass is 538 g/mol. The molecule has 8 heteroatoms. The Bertz CT molecular complexity index is 1590. The third-order valence-electron chi connectivity index (χ3n) is 6.80. The van der Waals surface area contributed by atoms with E-state index in [1.54, 1.807) is 49.6 Å². The first-order valence-electron chi connectivity index (χ1n) is 12.7. The fourth-order valence-corrected chi connectivity index (χ4v) is 4.68. The highest BCUT2D eigenvalue weighted by Gasteiger charge is 2.46. The Morgan fingerprint density at radius 2 is 1.75 bits per heavy atom.